The summed E-state index contributed by atoms with van der Waals surface area (Å²) >= 11 is 0. The molecule has 1 fully saturated rings. The Balaban J connectivity index is 2.10. The van der Waals surface area contributed by atoms with Crippen molar-refractivity contribution in [3.8, 4) is 0 Å². The molecule has 0 heterocycles. The number of hydrogen-bond donors (Lipinski definition) is 1. The van der Waals surface area contributed by atoms with Gasteiger partial charge in [-0.1, -0.05) is 0 Å². The van der Waals surface area contributed by atoms with Crippen LogP contribution in [0.15, 0.2) is 0 Å². The highest BCUT2D eigenvalue weighted by Gasteiger charge is 2.31. The van der Waals surface area contributed by atoms with Gasteiger partial charge in [0.25, 0.3) is 0 Å². The van der Waals surface area contributed by atoms with Crippen molar-refractivity contribution in [1.29, 1.82) is 0 Å². The van der Waals surface area contributed by atoms with E-state index in [1.807, 2.05) is 6.92 Å². The molecule has 0 bridgehead atoms. The van der Waals surface area contributed by atoms with Crippen LogP contribution < -0.4 is 5.48 Å². The second-order valence-electron chi connectivity index (χ2n) is 2.95. The first-order valence-corrected chi connectivity index (χ1v) is 4.24. The Morgan fingerprint density at radius 3 is 2.73 bits per heavy atom. The van der Waals surface area contributed by atoms with Gasteiger partial charge in [-0.25, -0.2) is 0 Å². The van der Waals surface area contributed by atoms with Gasteiger partial charge < -0.3 is 9.57 Å². The number of rotatable bonds is 6. The molecule has 1 saturated carbocycles. The molecule has 0 spiro atoms. The maximum absolute atomic E-state index is 5.12. The summed E-state index contributed by atoms with van der Waals surface area (Å²) in [5, 5.41) is 0. The average molecular weight is 159 g/mol. The van der Waals surface area contributed by atoms with Crippen LogP contribution in [0.3, 0.4) is 0 Å². The third-order valence-corrected chi connectivity index (χ3v) is 1.92. The van der Waals surface area contributed by atoms with E-state index in [0.717, 1.165) is 12.5 Å². The maximum Gasteiger partial charge on any atom is 0.0654 e. The molecule has 0 amide bonds. The summed E-state index contributed by atoms with van der Waals surface area (Å²) in [7, 11) is 1.73. The number of methoxy groups -OCH3 is 1. The van der Waals surface area contributed by atoms with Gasteiger partial charge in [0.2, 0.25) is 0 Å². The lowest BCUT2D eigenvalue weighted by Gasteiger charge is -2.15. The zero-order chi connectivity index (χ0) is 8.10. The molecule has 1 atom stereocenters. The largest absolute Gasteiger partial charge is 0.383 e. The summed E-state index contributed by atoms with van der Waals surface area (Å²) in [5.74, 6) is 0.779. The minimum Gasteiger partial charge on any atom is -0.383 e. The minimum absolute atomic E-state index is 0.403. The number of ether oxygens (including phenoxy) is 1. The first-order chi connectivity index (χ1) is 5.38. The fourth-order valence-electron chi connectivity index (χ4n) is 1.13. The molecular weight excluding hydrogens is 142 g/mol. The van der Waals surface area contributed by atoms with E-state index in [1.54, 1.807) is 7.11 Å². The van der Waals surface area contributed by atoms with E-state index < -0.39 is 0 Å². The van der Waals surface area contributed by atoms with Crippen LogP contribution >= 0.6 is 0 Å². The highest BCUT2D eigenvalue weighted by atomic mass is 16.6. The smallest absolute Gasteiger partial charge is 0.0654 e. The summed E-state index contributed by atoms with van der Waals surface area (Å²) in [5.41, 5.74) is 3.01. The van der Waals surface area contributed by atoms with E-state index in [1.165, 1.54) is 12.8 Å². The van der Waals surface area contributed by atoms with Crippen LogP contribution in [0.5, 0.6) is 0 Å². The molecule has 0 aliphatic heterocycles. The van der Waals surface area contributed by atoms with Crippen molar-refractivity contribution in [2.45, 2.75) is 25.8 Å². The molecule has 0 radical (unpaired) electrons. The number of hydrogen-bond acceptors (Lipinski definition) is 3. The standard InChI is InChI=1S/C8H17NO2/c1-3-11-9-8(6-10-2)7-4-5-7/h7-9H,3-6H2,1-2H3. The van der Waals surface area contributed by atoms with E-state index in [4.69, 9.17) is 9.57 Å². The van der Waals surface area contributed by atoms with Gasteiger partial charge in [0.1, 0.15) is 0 Å². The summed E-state index contributed by atoms with van der Waals surface area (Å²) < 4.78 is 5.06. The van der Waals surface area contributed by atoms with Crippen LogP contribution in [0.25, 0.3) is 0 Å². The molecule has 11 heavy (non-hydrogen) atoms. The quantitative estimate of drug-likeness (QED) is 0.585. The summed E-state index contributed by atoms with van der Waals surface area (Å²) in [6.45, 7) is 3.45. The molecule has 0 aromatic rings. The fraction of sp³-hybridized carbons (Fsp3) is 1.00. The predicted octanol–water partition coefficient (Wildman–Crippen LogP) is 0.952. The van der Waals surface area contributed by atoms with Crippen LogP contribution in [-0.2, 0) is 9.57 Å². The Bertz CT molecular complexity index is 104. The van der Waals surface area contributed by atoms with Gasteiger partial charge >= 0.3 is 0 Å². The van der Waals surface area contributed by atoms with E-state index in [-0.39, 0.29) is 0 Å². The minimum atomic E-state index is 0.403. The highest BCUT2D eigenvalue weighted by Crippen LogP contribution is 2.32. The van der Waals surface area contributed by atoms with E-state index in [0.29, 0.717) is 12.6 Å². The zero-order valence-corrected chi connectivity index (χ0v) is 7.30. The van der Waals surface area contributed by atoms with Gasteiger partial charge in [-0.05, 0) is 25.7 Å². The Morgan fingerprint density at radius 1 is 1.55 bits per heavy atom. The van der Waals surface area contributed by atoms with Gasteiger partial charge in [0, 0.05) is 7.11 Å². The van der Waals surface area contributed by atoms with Crippen molar-refractivity contribution in [2.24, 2.45) is 5.92 Å². The van der Waals surface area contributed by atoms with Crippen LogP contribution in [-0.4, -0.2) is 26.4 Å². The van der Waals surface area contributed by atoms with Gasteiger partial charge in [0.05, 0.1) is 19.3 Å². The Hall–Kier alpha value is -0.120. The highest BCUT2D eigenvalue weighted by molar-refractivity contribution is 4.84. The zero-order valence-electron chi connectivity index (χ0n) is 7.30. The van der Waals surface area contributed by atoms with E-state index in [2.05, 4.69) is 5.48 Å². The number of nitrogens with one attached hydrogen (secondary N) is 1. The normalized spacial score (nSPS) is 20.2. The van der Waals surface area contributed by atoms with Crippen molar-refractivity contribution in [1.82, 2.24) is 5.48 Å². The second-order valence-corrected chi connectivity index (χ2v) is 2.95. The van der Waals surface area contributed by atoms with Crippen LogP contribution in [0.4, 0.5) is 0 Å². The topological polar surface area (TPSA) is 30.5 Å². The molecule has 1 unspecified atom stereocenters. The monoisotopic (exact) mass is 159 g/mol. The predicted molar refractivity (Wildman–Crippen MR) is 43.1 cm³/mol. The molecule has 1 aliphatic rings. The molecule has 0 aromatic heterocycles. The molecule has 1 N–H and O–H groups in total. The molecule has 0 aromatic carbocycles. The lowest BCUT2D eigenvalue weighted by atomic mass is 10.2. The van der Waals surface area contributed by atoms with Gasteiger partial charge in [-0.3, -0.25) is 0 Å². The Labute approximate surface area is 68.0 Å². The maximum atomic E-state index is 5.12. The third kappa shape index (κ3) is 3.18. The molecular formula is C8H17NO2. The van der Waals surface area contributed by atoms with Gasteiger partial charge in [0.15, 0.2) is 0 Å². The fourth-order valence-corrected chi connectivity index (χ4v) is 1.13. The van der Waals surface area contributed by atoms with E-state index >= 15 is 0 Å². The summed E-state index contributed by atoms with van der Waals surface area (Å²) in [6.07, 6.45) is 2.63. The van der Waals surface area contributed by atoms with Crippen LogP contribution in [0.1, 0.15) is 19.8 Å². The van der Waals surface area contributed by atoms with Crippen molar-refractivity contribution in [3.63, 3.8) is 0 Å². The summed E-state index contributed by atoms with van der Waals surface area (Å²) in [6, 6.07) is 0.403. The Kier molecular flexibility index (Phi) is 3.83. The lowest BCUT2D eigenvalue weighted by Crippen LogP contribution is -2.35. The van der Waals surface area contributed by atoms with E-state index in [9.17, 15) is 0 Å². The molecule has 3 heteroatoms. The van der Waals surface area contributed by atoms with Crippen molar-refractivity contribution in [2.75, 3.05) is 20.3 Å². The van der Waals surface area contributed by atoms with Crippen molar-refractivity contribution >= 4 is 0 Å². The second kappa shape index (κ2) is 4.70. The van der Waals surface area contributed by atoms with Crippen molar-refractivity contribution in [3.05, 3.63) is 0 Å². The SMILES string of the molecule is CCONC(COC)C1CC1. The molecule has 0 saturated heterocycles. The lowest BCUT2D eigenvalue weighted by molar-refractivity contribution is -0.00417. The van der Waals surface area contributed by atoms with Crippen LogP contribution in [0, 0.1) is 5.92 Å². The first-order valence-electron chi connectivity index (χ1n) is 4.24. The third-order valence-electron chi connectivity index (χ3n) is 1.92. The Morgan fingerprint density at radius 2 is 2.27 bits per heavy atom. The number of hydroxylamine groups is 1. The summed E-state index contributed by atoms with van der Waals surface area (Å²) in [4.78, 5) is 5.12. The van der Waals surface area contributed by atoms with Gasteiger partial charge in [-0.2, -0.15) is 5.48 Å². The van der Waals surface area contributed by atoms with Crippen LogP contribution in [0.2, 0.25) is 0 Å². The molecule has 1 rings (SSSR count). The molecule has 1 aliphatic carbocycles. The molecule has 3 nitrogen and oxygen atoms in total. The first kappa shape index (κ1) is 8.97. The van der Waals surface area contributed by atoms with Gasteiger partial charge in [-0.15, -0.1) is 0 Å². The molecule has 66 valence electrons. The van der Waals surface area contributed by atoms with Crippen molar-refractivity contribution < 1.29 is 9.57 Å². The average Bonchev–Trinajstić information content (AvgIpc) is 2.80.